The van der Waals surface area contributed by atoms with Gasteiger partial charge in [0, 0.05) is 0 Å². The second-order valence-electron chi connectivity index (χ2n) is 4.70. The second kappa shape index (κ2) is 6.10. The quantitative estimate of drug-likeness (QED) is 0.652. The van der Waals surface area contributed by atoms with Crippen molar-refractivity contribution >= 4 is 26.0 Å². The predicted octanol–water partition coefficient (Wildman–Crippen LogP) is -0.278. The summed E-state index contributed by atoms with van der Waals surface area (Å²) in [6.45, 7) is 3.09. The lowest BCUT2D eigenvalue weighted by Gasteiger charge is -2.18. The zero-order valence-electron chi connectivity index (χ0n) is 11.3. The first kappa shape index (κ1) is 17.6. The topological polar surface area (TPSA) is 144 Å². The maximum atomic E-state index is 12.1. The monoisotopic (exact) mass is 336 g/mol. The minimum absolute atomic E-state index is 0.373. The van der Waals surface area contributed by atoms with Crippen LogP contribution in [0.4, 0.5) is 0 Å². The lowest BCUT2D eigenvalue weighted by molar-refractivity contribution is -0.140. The lowest BCUT2D eigenvalue weighted by atomic mass is 10.1. The molecule has 1 aromatic rings. The molecule has 4 N–H and O–H groups in total. The highest BCUT2D eigenvalue weighted by molar-refractivity contribution is 7.90. The molecular weight excluding hydrogens is 320 g/mol. The molecule has 0 heterocycles. The largest absolute Gasteiger partial charge is 0.480 e. The molecule has 0 amide bonds. The number of aliphatic carboxylic acids is 1. The van der Waals surface area contributed by atoms with E-state index in [9.17, 15) is 21.6 Å². The summed E-state index contributed by atoms with van der Waals surface area (Å²) in [7, 11) is -8.24. The number of carboxylic acids is 1. The molecule has 0 saturated heterocycles. The summed E-state index contributed by atoms with van der Waals surface area (Å²) in [5.41, 5.74) is 0. The average Bonchev–Trinajstić information content (AvgIpc) is 2.34. The Balaban J connectivity index is 3.23. The van der Waals surface area contributed by atoms with Gasteiger partial charge in [0.25, 0.3) is 0 Å². The Morgan fingerprint density at radius 3 is 2.14 bits per heavy atom. The van der Waals surface area contributed by atoms with Gasteiger partial charge in [0.05, 0.1) is 9.79 Å². The van der Waals surface area contributed by atoms with Crippen molar-refractivity contribution in [2.24, 2.45) is 11.1 Å². The molecule has 21 heavy (non-hydrogen) atoms. The number of primary sulfonamides is 1. The van der Waals surface area contributed by atoms with Crippen LogP contribution >= 0.6 is 0 Å². The molecule has 1 atom stereocenters. The highest BCUT2D eigenvalue weighted by Crippen LogP contribution is 2.16. The number of carbonyl (C=O) groups is 1. The standard InChI is InChI=1S/C11H16N2O6S2/c1-7(2)10(11(14)15)13-21(18,19)9-5-3-4-8(6-9)20(12,16)17/h3-7,10,13H,1-2H3,(H,14,15)(H2,12,16,17)/t10-/m0/s1. The van der Waals surface area contributed by atoms with Gasteiger partial charge < -0.3 is 5.11 Å². The smallest absolute Gasteiger partial charge is 0.322 e. The van der Waals surface area contributed by atoms with Gasteiger partial charge in [0.2, 0.25) is 20.0 Å². The van der Waals surface area contributed by atoms with E-state index >= 15 is 0 Å². The van der Waals surface area contributed by atoms with Crippen molar-refractivity contribution in [1.29, 1.82) is 0 Å². The van der Waals surface area contributed by atoms with E-state index in [1.54, 1.807) is 13.8 Å². The summed E-state index contributed by atoms with van der Waals surface area (Å²) in [4.78, 5) is 10.3. The van der Waals surface area contributed by atoms with Gasteiger partial charge in [-0.15, -0.1) is 0 Å². The highest BCUT2D eigenvalue weighted by Gasteiger charge is 2.28. The van der Waals surface area contributed by atoms with Crippen LogP contribution in [0.5, 0.6) is 0 Å². The SMILES string of the molecule is CC(C)[C@H](NS(=O)(=O)c1cccc(S(N)(=O)=O)c1)C(=O)O. The average molecular weight is 336 g/mol. The highest BCUT2D eigenvalue weighted by atomic mass is 32.2. The Hall–Kier alpha value is -1.49. The van der Waals surface area contributed by atoms with E-state index < -0.39 is 38.0 Å². The van der Waals surface area contributed by atoms with Crippen molar-refractivity contribution in [3.63, 3.8) is 0 Å². The molecule has 0 radical (unpaired) electrons. The minimum atomic E-state index is -4.18. The number of benzene rings is 1. The van der Waals surface area contributed by atoms with E-state index in [0.717, 1.165) is 18.2 Å². The number of rotatable bonds is 6. The molecule has 0 fully saturated rings. The van der Waals surface area contributed by atoms with Crippen LogP contribution in [0, 0.1) is 5.92 Å². The molecule has 1 rings (SSSR count). The fraction of sp³-hybridized carbons (Fsp3) is 0.364. The fourth-order valence-corrected chi connectivity index (χ4v) is 3.54. The van der Waals surface area contributed by atoms with Gasteiger partial charge in [-0.3, -0.25) is 4.79 Å². The number of sulfonamides is 2. The third-order valence-corrected chi connectivity index (χ3v) is 5.01. The van der Waals surface area contributed by atoms with E-state index in [4.69, 9.17) is 10.2 Å². The third-order valence-electron chi connectivity index (χ3n) is 2.66. The van der Waals surface area contributed by atoms with Gasteiger partial charge in [0.15, 0.2) is 0 Å². The molecule has 0 spiro atoms. The van der Waals surface area contributed by atoms with Crippen molar-refractivity contribution in [3.05, 3.63) is 24.3 Å². The predicted molar refractivity (Wildman–Crippen MR) is 74.4 cm³/mol. The van der Waals surface area contributed by atoms with Crippen LogP contribution in [0.2, 0.25) is 0 Å². The van der Waals surface area contributed by atoms with Crippen LogP contribution < -0.4 is 9.86 Å². The Morgan fingerprint density at radius 1 is 1.19 bits per heavy atom. The Morgan fingerprint density at radius 2 is 1.71 bits per heavy atom. The first-order valence-electron chi connectivity index (χ1n) is 5.83. The molecule has 0 saturated carbocycles. The van der Waals surface area contributed by atoms with Crippen molar-refractivity contribution < 1.29 is 26.7 Å². The maximum absolute atomic E-state index is 12.1. The van der Waals surface area contributed by atoms with Crippen molar-refractivity contribution in [2.75, 3.05) is 0 Å². The summed E-state index contributed by atoms with van der Waals surface area (Å²) in [6, 6.07) is 3.05. The van der Waals surface area contributed by atoms with E-state index in [0.29, 0.717) is 0 Å². The zero-order chi connectivity index (χ0) is 16.4. The summed E-state index contributed by atoms with van der Waals surface area (Å²) >= 11 is 0. The number of nitrogens with one attached hydrogen (secondary N) is 1. The molecule has 118 valence electrons. The number of carboxylic acid groups (broad SMARTS) is 1. The molecule has 10 heteroatoms. The van der Waals surface area contributed by atoms with Crippen LogP contribution in [-0.2, 0) is 24.8 Å². The van der Waals surface area contributed by atoms with E-state index in [2.05, 4.69) is 0 Å². The van der Waals surface area contributed by atoms with Crippen LogP contribution in [-0.4, -0.2) is 34.0 Å². The Labute approximate surface area is 123 Å². The van der Waals surface area contributed by atoms with E-state index in [1.807, 2.05) is 4.72 Å². The van der Waals surface area contributed by atoms with Gasteiger partial charge in [-0.1, -0.05) is 19.9 Å². The fourth-order valence-electron chi connectivity index (χ4n) is 1.53. The van der Waals surface area contributed by atoms with Gasteiger partial charge in [0.1, 0.15) is 6.04 Å². The second-order valence-corrected chi connectivity index (χ2v) is 7.98. The first-order chi connectivity index (χ1) is 9.45. The van der Waals surface area contributed by atoms with E-state index in [1.165, 1.54) is 6.07 Å². The summed E-state index contributed by atoms with van der Waals surface area (Å²) in [5.74, 6) is -1.81. The first-order valence-corrected chi connectivity index (χ1v) is 8.86. The molecule has 1 aromatic carbocycles. The summed E-state index contributed by atoms with van der Waals surface area (Å²) in [6.07, 6.45) is 0. The van der Waals surface area contributed by atoms with Gasteiger partial charge >= 0.3 is 5.97 Å². The van der Waals surface area contributed by atoms with E-state index in [-0.39, 0.29) is 9.79 Å². The maximum Gasteiger partial charge on any atom is 0.322 e. The Kier molecular flexibility index (Phi) is 5.10. The molecule has 0 aliphatic rings. The molecule has 0 unspecified atom stereocenters. The lowest BCUT2D eigenvalue weighted by Crippen LogP contribution is -2.44. The number of hydrogen-bond donors (Lipinski definition) is 3. The number of nitrogens with two attached hydrogens (primary N) is 1. The van der Waals surface area contributed by atoms with Crippen molar-refractivity contribution in [2.45, 2.75) is 29.7 Å². The molecule has 0 aliphatic heterocycles. The molecule has 0 aliphatic carbocycles. The van der Waals surface area contributed by atoms with Gasteiger partial charge in [-0.2, -0.15) is 4.72 Å². The van der Waals surface area contributed by atoms with Gasteiger partial charge in [-0.05, 0) is 24.1 Å². The normalized spacial score (nSPS) is 14.1. The molecule has 8 nitrogen and oxygen atoms in total. The van der Waals surface area contributed by atoms with Crippen molar-refractivity contribution in [1.82, 2.24) is 4.72 Å². The van der Waals surface area contributed by atoms with Crippen molar-refractivity contribution in [3.8, 4) is 0 Å². The molecule has 0 bridgehead atoms. The summed E-state index contributed by atoms with van der Waals surface area (Å²) in [5, 5.41) is 13.9. The van der Waals surface area contributed by atoms with Crippen LogP contribution in [0.3, 0.4) is 0 Å². The summed E-state index contributed by atoms with van der Waals surface area (Å²) < 4.78 is 48.7. The van der Waals surface area contributed by atoms with Crippen LogP contribution in [0.1, 0.15) is 13.8 Å². The van der Waals surface area contributed by atoms with Crippen LogP contribution in [0.15, 0.2) is 34.1 Å². The Bertz CT molecular complexity index is 740. The number of hydrogen-bond acceptors (Lipinski definition) is 5. The third kappa shape index (κ3) is 4.49. The zero-order valence-corrected chi connectivity index (χ0v) is 13.0. The van der Waals surface area contributed by atoms with Crippen LogP contribution in [0.25, 0.3) is 0 Å². The molecular formula is C11H16N2O6S2. The van der Waals surface area contributed by atoms with Gasteiger partial charge in [-0.25, -0.2) is 22.0 Å². The minimum Gasteiger partial charge on any atom is -0.480 e. The molecule has 0 aromatic heterocycles.